The van der Waals surface area contributed by atoms with Crippen molar-refractivity contribution in [2.75, 3.05) is 6.54 Å². The molecule has 8 nitrogen and oxygen atoms in total. The van der Waals surface area contributed by atoms with Gasteiger partial charge in [0.1, 0.15) is 17.9 Å². The minimum atomic E-state index is -1.35. The molecule has 1 saturated carbocycles. The minimum Gasteiger partial charge on any atom is -0.440 e. The number of carbonyl (C=O) groups is 4. The molecule has 1 unspecified atom stereocenters. The summed E-state index contributed by atoms with van der Waals surface area (Å²) >= 11 is 6.40. The second-order valence-electron chi connectivity index (χ2n) is 14.0. The van der Waals surface area contributed by atoms with Crippen LogP contribution in [0.4, 0.5) is 4.79 Å². The number of carbonyl (C=O) groups excluding carboxylic acids is 4. The van der Waals surface area contributed by atoms with Crippen molar-refractivity contribution in [3.05, 3.63) is 82.9 Å². The second-order valence-corrected chi connectivity index (χ2v) is 14.5. The van der Waals surface area contributed by atoms with Crippen LogP contribution >= 0.6 is 11.6 Å². The van der Waals surface area contributed by atoms with Gasteiger partial charge in [0.2, 0.25) is 11.8 Å². The number of ether oxygens (including phenoxy) is 1. The van der Waals surface area contributed by atoms with Crippen LogP contribution in [0.5, 0.6) is 0 Å². The van der Waals surface area contributed by atoms with Crippen LogP contribution in [-0.2, 0) is 24.5 Å². The summed E-state index contributed by atoms with van der Waals surface area (Å²) in [6, 6.07) is 20.7. The predicted octanol–water partition coefficient (Wildman–Crippen LogP) is 7.18. The van der Waals surface area contributed by atoms with Crippen LogP contribution in [0.15, 0.2) is 66.7 Å². The molecule has 0 radical (unpaired) electrons. The number of hydrogen-bond acceptors (Lipinski definition) is 5. The number of aldehydes is 1. The Morgan fingerprint density at radius 3 is 2.40 bits per heavy atom. The van der Waals surface area contributed by atoms with E-state index in [1.165, 1.54) is 0 Å². The first kappa shape index (κ1) is 34.4. The molecule has 3 N–H and O–H groups in total. The van der Waals surface area contributed by atoms with Crippen molar-refractivity contribution >= 4 is 46.6 Å². The Morgan fingerprint density at radius 2 is 1.72 bits per heavy atom. The summed E-state index contributed by atoms with van der Waals surface area (Å²) in [6.07, 6.45) is 5.63. The first-order valence-corrected chi connectivity index (χ1v) is 17.1. The van der Waals surface area contributed by atoms with Gasteiger partial charge in [-0.25, -0.2) is 4.79 Å². The van der Waals surface area contributed by atoms with Gasteiger partial charge in [0.05, 0.1) is 6.04 Å². The maximum absolute atomic E-state index is 14.0. The molecule has 0 aromatic heterocycles. The van der Waals surface area contributed by atoms with Crippen molar-refractivity contribution in [1.29, 1.82) is 0 Å². The van der Waals surface area contributed by atoms with Gasteiger partial charge in [0.25, 0.3) is 0 Å². The van der Waals surface area contributed by atoms with E-state index in [4.69, 9.17) is 16.3 Å². The third-order valence-electron chi connectivity index (χ3n) is 10.0. The Morgan fingerprint density at radius 1 is 0.979 bits per heavy atom. The monoisotopic (exact) mass is 659 g/mol. The summed E-state index contributed by atoms with van der Waals surface area (Å²) in [7, 11) is 0. The quantitative estimate of drug-likeness (QED) is 0.178. The Bertz CT molecular complexity index is 1600. The number of amides is 3. The maximum atomic E-state index is 14.0. The highest BCUT2D eigenvalue weighted by Gasteiger charge is 2.42. The number of nitrogens with one attached hydrogen (secondary N) is 3. The van der Waals surface area contributed by atoms with Crippen LogP contribution in [0.2, 0.25) is 5.02 Å². The van der Waals surface area contributed by atoms with Crippen LogP contribution in [-0.4, -0.2) is 42.3 Å². The molecule has 1 saturated heterocycles. The van der Waals surface area contributed by atoms with Gasteiger partial charge in [0, 0.05) is 22.9 Å². The van der Waals surface area contributed by atoms with Crippen molar-refractivity contribution < 1.29 is 23.9 Å². The largest absolute Gasteiger partial charge is 0.440 e. The third kappa shape index (κ3) is 8.33. The van der Waals surface area contributed by atoms with E-state index < -0.39 is 35.1 Å². The van der Waals surface area contributed by atoms with Crippen LogP contribution in [0, 0.1) is 11.8 Å². The van der Waals surface area contributed by atoms with Gasteiger partial charge in [-0.1, -0.05) is 106 Å². The number of hydrogen-bond donors (Lipinski definition) is 3. The summed E-state index contributed by atoms with van der Waals surface area (Å²) in [4.78, 5) is 52.3. The molecule has 9 heteroatoms. The van der Waals surface area contributed by atoms with Crippen molar-refractivity contribution in [2.24, 2.45) is 11.8 Å². The van der Waals surface area contributed by atoms with E-state index >= 15 is 0 Å². The van der Waals surface area contributed by atoms with E-state index in [9.17, 15) is 19.2 Å². The van der Waals surface area contributed by atoms with Gasteiger partial charge in [-0.3, -0.25) is 9.59 Å². The van der Waals surface area contributed by atoms with Crippen molar-refractivity contribution in [3.63, 3.8) is 0 Å². The van der Waals surface area contributed by atoms with E-state index in [2.05, 4.69) is 16.0 Å². The standard InChI is InChI=1S/C38H46ClN3O5/c1-37(2,30-14-9-15-31(39)22-30)33(28-17-16-26-12-7-8-13-27(26)20-28)47-36(46)42-38(3,23-25-10-5-4-6-11-25)35(45)41-32(24-43)21-29-18-19-40-34(29)44/h7-9,12-17,20,22,24-25,29,32-33H,4-6,10-11,18-19,21,23H2,1-3H3,(H,40,44)(H,41,45)(H,42,46)/t29-,32-,33?,38+/m0/s1. The van der Waals surface area contributed by atoms with Gasteiger partial charge in [-0.2, -0.15) is 0 Å². The Hall–Kier alpha value is -3.91. The van der Waals surface area contributed by atoms with Crippen molar-refractivity contribution in [3.8, 4) is 0 Å². The molecule has 3 amide bonds. The zero-order valence-corrected chi connectivity index (χ0v) is 28.3. The summed E-state index contributed by atoms with van der Waals surface area (Å²) in [5.74, 6) is -0.689. The number of rotatable bonds is 12. The molecule has 3 aromatic rings. The van der Waals surface area contributed by atoms with Crippen LogP contribution in [0.1, 0.15) is 89.4 Å². The lowest BCUT2D eigenvalue weighted by molar-refractivity contribution is -0.131. The van der Waals surface area contributed by atoms with Crippen LogP contribution < -0.4 is 16.0 Å². The molecule has 1 aliphatic carbocycles. The third-order valence-corrected chi connectivity index (χ3v) is 10.2. The SMILES string of the molecule is CC(C)(c1cccc(Cl)c1)C(OC(=O)N[C@](C)(CC1CCCCC1)C(=O)N[C@H](C=O)C[C@@H]1CCNC1=O)c1ccc2ccccc2c1. The normalized spacial score (nSPS) is 19.7. The molecule has 250 valence electrons. The molecular formula is C38H46ClN3O5. The molecule has 5 rings (SSSR count). The van der Waals surface area contributed by atoms with Gasteiger partial charge < -0.3 is 25.5 Å². The molecular weight excluding hydrogens is 614 g/mol. The number of halogens is 1. The van der Waals surface area contributed by atoms with Gasteiger partial charge >= 0.3 is 6.09 Å². The number of alkyl carbamates (subject to hydrolysis) is 1. The average molecular weight is 660 g/mol. The molecule has 3 aromatic carbocycles. The van der Waals surface area contributed by atoms with E-state index in [1.807, 2.05) is 74.5 Å². The molecule has 1 aliphatic heterocycles. The van der Waals surface area contributed by atoms with Gasteiger partial charge in [-0.15, -0.1) is 0 Å². The smallest absolute Gasteiger partial charge is 0.408 e. The fourth-order valence-corrected chi connectivity index (χ4v) is 7.42. The first-order chi connectivity index (χ1) is 22.5. The topological polar surface area (TPSA) is 114 Å². The highest BCUT2D eigenvalue weighted by molar-refractivity contribution is 6.30. The number of fused-ring (bicyclic) bond motifs is 1. The highest BCUT2D eigenvalue weighted by Crippen LogP contribution is 2.41. The van der Waals surface area contributed by atoms with Crippen LogP contribution in [0.3, 0.4) is 0 Å². The predicted molar refractivity (Wildman–Crippen MR) is 184 cm³/mol. The minimum absolute atomic E-state index is 0.111. The summed E-state index contributed by atoms with van der Waals surface area (Å²) in [6.45, 7) is 6.27. The Balaban J connectivity index is 1.42. The van der Waals surface area contributed by atoms with Crippen molar-refractivity contribution in [1.82, 2.24) is 16.0 Å². The lowest BCUT2D eigenvalue weighted by Crippen LogP contribution is -2.60. The lowest BCUT2D eigenvalue weighted by atomic mass is 9.76. The van der Waals surface area contributed by atoms with E-state index in [0.29, 0.717) is 30.7 Å². The Kier molecular flexibility index (Phi) is 10.9. The number of benzene rings is 3. The first-order valence-electron chi connectivity index (χ1n) is 16.8. The lowest BCUT2D eigenvalue weighted by Gasteiger charge is -2.38. The van der Waals surface area contributed by atoms with E-state index in [-0.39, 0.29) is 24.2 Å². The molecule has 47 heavy (non-hydrogen) atoms. The maximum Gasteiger partial charge on any atom is 0.408 e. The average Bonchev–Trinajstić information content (AvgIpc) is 3.47. The Labute approximate surface area is 282 Å². The molecule has 0 bridgehead atoms. The van der Waals surface area contributed by atoms with E-state index in [1.54, 1.807) is 13.0 Å². The molecule has 2 aliphatic rings. The highest BCUT2D eigenvalue weighted by atomic mass is 35.5. The molecule has 4 atom stereocenters. The zero-order valence-electron chi connectivity index (χ0n) is 27.5. The zero-order chi connectivity index (χ0) is 33.6. The fourth-order valence-electron chi connectivity index (χ4n) is 7.23. The van der Waals surface area contributed by atoms with Gasteiger partial charge in [0.15, 0.2) is 0 Å². The summed E-state index contributed by atoms with van der Waals surface area (Å²) < 4.78 is 6.34. The summed E-state index contributed by atoms with van der Waals surface area (Å²) in [5.41, 5.74) is -0.370. The fraction of sp³-hybridized carbons (Fsp3) is 0.474. The van der Waals surface area contributed by atoms with Crippen LogP contribution in [0.25, 0.3) is 10.8 Å². The van der Waals surface area contributed by atoms with Gasteiger partial charge in [-0.05, 0) is 72.2 Å². The molecule has 2 fully saturated rings. The molecule has 1 heterocycles. The molecule has 0 spiro atoms. The van der Waals surface area contributed by atoms with E-state index in [0.717, 1.165) is 54.0 Å². The summed E-state index contributed by atoms with van der Waals surface area (Å²) in [5, 5.41) is 11.2. The second kappa shape index (κ2) is 14.9. The van der Waals surface area contributed by atoms with Crippen molar-refractivity contribution in [2.45, 2.75) is 95.2 Å².